The van der Waals surface area contributed by atoms with Crippen LogP contribution < -0.4 is 11.1 Å². The van der Waals surface area contributed by atoms with E-state index in [1.807, 2.05) is 13.8 Å². The Hall–Kier alpha value is -2.37. The highest BCUT2D eigenvalue weighted by molar-refractivity contribution is 6.38. The SMILES string of the molecule is CCCCN(CCCC)C(=O)C(=O)NC(=O)c1ccccc1N. The zero-order valence-electron chi connectivity index (χ0n) is 13.8. The molecular weight excluding hydrogens is 294 g/mol. The lowest BCUT2D eigenvalue weighted by Gasteiger charge is -2.21. The number of benzene rings is 1. The molecule has 0 radical (unpaired) electrons. The van der Waals surface area contributed by atoms with Crippen LogP contribution in [0.15, 0.2) is 24.3 Å². The van der Waals surface area contributed by atoms with E-state index in [0.717, 1.165) is 25.7 Å². The molecule has 0 spiro atoms. The van der Waals surface area contributed by atoms with E-state index in [4.69, 9.17) is 5.73 Å². The van der Waals surface area contributed by atoms with E-state index in [-0.39, 0.29) is 11.3 Å². The molecule has 0 aromatic heterocycles. The van der Waals surface area contributed by atoms with Gasteiger partial charge in [-0.3, -0.25) is 19.7 Å². The lowest BCUT2D eigenvalue weighted by molar-refractivity contribution is -0.145. The molecule has 0 aliphatic carbocycles. The number of nitrogens with one attached hydrogen (secondary N) is 1. The zero-order chi connectivity index (χ0) is 17.2. The summed E-state index contributed by atoms with van der Waals surface area (Å²) in [6, 6.07) is 6.41. The predicted molar refractivity (Wildman–Crippen MR) is 89.7 cm³/mol. The van der Waals surface area contributed by atoms with Gasteiger partial charge in [-0.05, 0) is 25.0 Å². The third kappa shape index (κ3) is 5.73. The van der Waals surface area contributed by atoms with Crippen LogP contribution >= 0.6 is 0 Å². The Morgan fingerprint density at radius 1 is 1.04 bits per heavy atom. The summed E-state index contributed by atoms with van der Waals surface area (Å²) in [6.07, 6.45) is 3.50. The summed E-state index contributed by atoms with van der Waals surface area (Å²) in [6.45, 7) is 5.07. The molecule has 1 aromatic rings. The first-order valence-corrected chi connectivity index (χ1v) is 8.00. The molecule has 0 aliphatic heterocycles. The molecular formula is C17H25N3O3. The number of para-hydroxylation sites is 1. The number of nitrogen functional groups attached to an aromatic ring is 1. The minimum atomic E-state index is -0.912. The van der Waals surface area contributed by atoms with E-state index in [9.17, 15) is 14.4 Å². The topological polar surface area (TPSA) is 92.5 Å². The Labute approximate surface area is 137 Å². The molecule has 1 aromatic carbocycles. The van der Waals surface area contributed by atoms with Gasteiger partial charge in [0.25, 0.3) is 5.91 Å². The van der Waals surface area contributed by atoms with Crippen LogP contribution in [0, 0.1) is 0 Å². The monoisotopic (exact) mass is 319 g/mol. The van der Waals surface area contributed by atoms with Gasteiger partial charge in [-0.15, -0.1) is 0 Å². The van der Waals surface area contributed by atoms with Crippen molar-refractivity contribution in [2.45, 2.75) is 39.5 Å². The van der Waals surface area contributed by atoms with Crippen molar-refractivity contribution in [1.82, 2.24) is 10.2 Å². The van der Waals surface area contributed by atoms with E-state index in [2.05, 4.69) is 5.32 Å². The van der Waals surface area contributed by atoms with Crippen LogP contribution in [0.2, 0.25) is 0 Å². The van der Waals surface area contributed by atoms with Gasteiger partial charge in [0.1, 0.15) is 0 Å². The molecule has 3 N–H and O–H groups in total. The molecule has 0 atom stereocenters. The predicted octanol–water partition coefficient (Wildman–Crippen LogP) is 1.95. The maximum Gasteiger partial charge on any atom is 0.316 e. The highest BCUT2D eigenvalue weighted by Crippen LogP contribution is 2.10. The summed E-state index contributed by atoms with van der Waals surface area (Å²) in [7, 11) is 0. The Morgan fingerprint density at radius 2 is 1.61 bits per heavy atom. The molecule has 0 bridgehead atoms. The summed E-state index contributed by atoms with van der Waals surface area (Å²) in [5.74, 6) is -2.24. The van der Waals surface area contributed by atoms with Gasteiger partial charge >= 0.3 is 11.8 Å². The number of carbonyl (C=O) groups excluding carboxylic acids is 3. The normalized spacial score (nSPS) is 10.2. The third-order valence-electron chi connectivity index (χ3n) is 3.48. The van der Waals surface area contributed by atoms with Crippen LogP contribution in [0.4, 0.5) is 5.69 Å². The average molecular weight is 319 g/mol. The second-order valence-corrected chi connectivity index (χ2v) is 5.37. The average Bonchev–Trinajstić information content (AvgIpc) is 2.54. The van der Waals surface area contributed by atoms with Crippen LogP contribution in [0.25, 0.3) is 0 Å². The van der Waals surface area contributed by atoms with E-state index in [1.165, 1.54) is 11.0 Å². The number of rotatable bonds is 7. The summed E-state index contributed by atoms with van der Waals surface area (Å²) >= 11 is 0. The molecule has 0 saturated carbocycles. The van der Waals surface area contributed by atoms with Crippen LogP contribution in [0.1, 0.15) is 49.9 Å². The molecule has 0 unspecified atom stereocenters. The lowest BCUT2D eigenvalue weighted by atomic mass is 10.1. The van der Waals surface area contributed by atoms with Crippen LogP contribution in [0.5, 0.6) is 0 Å². The van der Waals surface area contributed by atoms with E-state index < -0.39 is 17.7 Å². The van der Waals surface area contributed by atoms with Gasteiger partial charge < -0.3 is 10.6 Å². The Balaban J connectivity index is 2.71. The van der Waals surface area contributed by atoms with Crippen LogP contribution in [-0.4, -0.2) is 35.7 Å². The van der Waals surface area contributed by atoms with Gasteiger partial charge in [0.2, 0.25) is 0 Å². The number of amides is 3. The minimum Gasteiger partial charge on any atom is -0.398 e. The van der Waals surface area contributed by atoms with Crippen molar-refractivity contribution in [2.75, 3.05) is 18.8 Å². The molecule has 6 nitrogen and oxygen atoms in total. The third-order valence-corrected chi connectivity index (χ3v) is 3.48. The molecule has 1 rings (SSSR count). The zero-order valence-corrected chi connectivity index (χ0v) is 13.8. The number of nitrogens with zero attached hydrogens (tertiary/aromatic N) is 1. The minimum absolute atomic E-state index is 0.183. The number of nitrogens with two attached hydrogens (primary N) is 1. The Bertz CT molecular complexity index is 550. The van der Waals surface area contributed by atoms with Crippen molar-refractivity contribution >= 4 is 23.4 Å². The first kappa shape index (κ1) is 18.7. The fourth-order valence-electron chi connectivity index (χ4n) is 2.08. The molecule has 126 valence electrons. The van der Waals surface area contributed by atoms with Crippen molar-refractivity contribution in [3.8, 4) is 0 Å². The maximum atomic E-state index is 12.2. The van der Waals surface area contributed by atoms with Crippen molar-refractivity contribution in [1.29, 1.82) is 0 Å². The molecule has 3 amide bonds. The fraction of sp³-hybridized carbons (Fsp3) is 0.471. The van der Waals surface area contributed by atoms with Crippen LogP contribution in [-0.2, 0) is 9.59 Å². The fourth-order valence-corrected chi connectivity index (χ4v) is 2.08. The second kappa shape index (κ2) is 9.61. The molecule has 0 heterocycles. The number of hydrogen-bond acceptors (Lipinski definition) is 4. The highest BCUT2D eigenvalue weighted by Gasteiger charge is 2.23. The molecule has 6 heteroatoms. The molecule has 0 saturated heterocycles. The van der Waals surface area contributed by atoms with Gasteiger partial charge in [0.05, 0.1) is 5.56 Å². The van der Waals surface area contributed by atoms with Crippen molar-refractivity contribution in [3.05, 3.63) is 29.8 Å². The van der Waals surface area contributed by atoms with Gasteiger partial charge in [-0.2, -0.15) is 0 Å². The quantitative estimate of drug-likeness (QED) is 0.593. The van der Waals surface area contributed by atoms with E-state index >= 15 is 0 Å². The molecule has 0 aliphatic rings. The number of hydrogen-bond donors (Lipinski definition) is 2. The molecule has 0 fully saturated rings. The Kier molecular flexibility index (Phi) is 7.80. The van der Waals surface area contributed by atoms with E-state index in [1.54, 1.807) is 18.2 Å². The number of anilines is 1. The van der Waals surface area contributed by atoms with Gasteiger partial charge in [0.15, 0.2) is 0 Å². The summed E-state index contributed by atoms with van der Waals surface area (Å²) in [5.41, 5.74) is 6.14. The smallest absolute Gasteiger partial charge is 0.316 e. The van der Waals surface area contributed by atoms with Gasteiger partial charge in [0, 0.05) is 18.8 Å². The Morgan fingerprint density at radius 3 is 2.13 bits per heavy atom. The lowest BCUT2D eigenvalue weighted by Crippen LogP contribution is -2.45. The highest BCUT2D eigenvalue weighted by atomic mass is 16.2. The number of carbonyl (C=O) groups is 3. The second-order valence-electron chi connectivity index (χ2n) is 5.37. The summed E-state index contributed by atoms with van der Waals surface area (Å²) in [4.78, 5) is 37.8. The maximum absolute atomic E-state index is 12.2. The van der Waals surface area contributed by atoms with Crippen molar-refractivity contribution in [2.24, 2.45) is 0 Å². The van der Waals surface area contributed by atoms with Gasteiger partial charge in [-0.1, -0.05) is 38.8 Å². The first-order valence-electron chi connectivity index (χ1n) is 8.00. The summed E-state index contributed by atoms with van der Waals surface area (Å²) in [5, 5.41) is 2.12. The van der Waals surface area contributed by atoms with Gasteiger partial charge in [-0.25, -0.2) is 0 Å². The van der Waals surface area contributed by atoms with E-state index in [0.29, 0.717) is 13.1 Å². The first-order chi connectivity index (χ1) is 11.0. The molecule has 23 heavy (non-hydrogen) atoms. The van der Waals surface area contributed by atoms with Crippen LogP contribution in [0.3, 0.4) is 0 Å². The largest absolute Gasteiger partial charge is 0.398 e. The summed E-state index contributed by atoms with van der Waals surface area (Å²) < 4.78 is 0. The van der Waals surface area contributed by atoms with Crippen molar-refractivity contribution < 1.29 is 14.4 Å². The standard InChI is InChI=1S/C17H25N3O3/c1-3-5-11-20(12-6-4-2)17(23)16(22)19-15(21)13-9-7-8-10-14(13)18/h7-10H,3-6,11-12,18H2,1-2H3,(H,19,21,22). The number of unbranched alkanes of at least 4 members (excludes halogenated alkanes) is 2. The number of imide groups is 1. The van der Waals surface area contributed by atoms with Crippen molar-refractivity contribution in [3.63, 3.8) is 0 Å².